The van der Waals surface area contributed by atoms with Gasteiger partial charge in [0.1, 0.15) is 0 Å². The van der Waals surface area contributed by atoms with Crippen LogP contribution < -0.4 is 5.32 Å². The highest BCUT2D eigenvalue weighted by atomic mass is 16.6. The molecule has 25 heavy (non-hydrogen) atoms. The van der Waals surface area contributed by atoms with Crippen LogP contribution in [0.3, 0.4) is 0 Å². The third-order valence-corrected chi connectivity index (χ3v) is 3.72. The fourth-order valence-electron chi connectivity index (χ4n) is 2.72. The summed E-state index contributed by atoms with van der Waals surface area (Å²) >= 11 is 0. The number of nitrogens with one attached hydrogen (secondary N) is 1. The lowest BCUT2D eigenvalue weighted by atomic mass is 9.80. The third-order valence-electron chi connectivity index (χ3n) is 3.72. The molecule has 0 spiro atoms. The van der Waals surface area contributed by atoms with Gasteiger partial charge in [-0.15, -0.1) is 0 Å². The van der Waals surface area contributed by atoms with E-state index < -0.39 is 47.1 Å². The number of nitro groups is 1. The van der Waals surface area contributed by atoms with Crippen molar-refractivity contribution < 1.29 is 34.9 Å². The summed E-state index contributed by atoms with van der Waals surface area (Å²) in [6.07, 6.45) is 0. The zero-order chi connectivity index (χ0) is 18.7. The molecule has 1 aromatic rings. The lowest BCUT2D eigenvalue weighted by molar-refractivity contribution is -0.384. The van der Waals surface area contributed by atoms with E-state index in [9.17, 15) is 40.1 Å². The highest BCUT2D eigenvalue weighted by Crippen LogP contribution is 2.39. The monoisotopic (exact) mass is 350 g/mol. The molecule has 0 unspecified atom stereocenters. The molecule has 0 aromatic heterocycles. The molecule has 132 valence electrons. The number of aliphatic hydroxyl groups is 2. The summed E-state index contributed by atoms with van der Waals surface area (Å²) in [6.45, 7) is -1.49. The van der Waals surface area contributed by atoms with E-state index in [2.05, 4.69) is 5.32 Å². The van der Waals surface area contributed by atoms with E-state index in [-0.39, 0.29) is 22.6 Å². The number of hydrogen-bond donors (Lipinski definition) is 5. The van der Waals surface area contributed by atoms with Gasteiger partial charge in [0.15, 0.2) is 0 Å². The molecule has 1 aromatic carbocycles. The first-order valence-electron chi connectivity index (χ1n) is 6.97. The average molecular weight is 350 g/mol. The number of hydrogen-bond acceptors (Lipinski definition) is 7. The lowest BCUT2D eigenvalue weighted by Gasteiger charge is -2.29. The molecule has 1 aliphatic heterocycles. The van der Waals surface area contributed by atoms with E-state index in [1.54, 1.807) is 0 Å². The maximum atomic E-state index is 11.7. The first-order valence-corrected chi connectivity index (χ1v) is 6.97. The molecule has 0 fully saturated rings. The van der Waals surface area contributed by atoms with Crippen molar-refractivity contribution in [2.75, 3.05) is 13.2 Å². The molecule has 0 radical (unpaired) electrons. The van der Waals surface area contributed by atoms with E-state index in [0.29, 0.717) is 0 Å². The maximum absolute atomic E-state index is 11.7. The number of nitro benzene ring substituents is 1. The van der Waals surface area contributed by atoms with Crippen molar-refractivity contribution in [2.45, 2.75) is 5.92 Å². The molecule has 1 aliphatic rings. The van der Waals surface area contributed by atoms with E-state index in [0.717, 1.165) is 6.07 Å². The Morgan fingerprint density at radius 2 is 1.60 bits per heavy atom. The Kier molecular flexibility index (Phi) is 5.15. The summed E-state index contributed by atoms with van der Waals surface area (Å²) in [5.74, 6) is -4.40. The average Bonchev–Trinajstić information content (AvgIpc) is 2.59. The summed E-state index contributed by atoms with van der Waals surface area (Å²) < 4.78 is 0. The Labute approximate surface area is 140 Å². The minimum Gasteiger partial charge on any atom is -0.478 e. The first-order chi connectivity index (χ1) is 11.8. The van der Waals surface area contributed by atoms with Crippen LogP contribution in [0.15, 0.2) is 46.8 Å². The second-order valence-electron chi connectivity index (χ2n) is 5.12. The van der Waals surface area contributed by atoms with Crippen LogP contribution in [-0.4, -0.2) is 50.5 Å². The van der Waals surface area contributed by atoms with Crippen molar-refractivity contribution in [3.05, 3.63) is 62.5 Å². The summed E-state index contributed by atoms with van der Waals surface area (Å²) in [6, 6.07) is 4.88. The molecular formula is C15H14N2O8. The second-order valence-corrected chi connectivity index (χ2v) is 5.12. The number of benzene rings is 1. The van der Waals surface area contributed by atoms with Gasteiger partial charge in [-0.2, -0.15) is 0 Å². The fourth-order valence-corrected chi connectivity index (χ4v) is 2.72. The van der Waals surface area contributed by atoms with Gasteiger partial charge < -0.3 is 25.7 Å². The van der Waals surface area contributed by atoms with Gasteiger partial charge >= 0.3 is 11.9 Å². The largest absolute Gasteiger partial charge is 0.478 e. The van der Waals surface area contributed by atoms with Crippen molar-refractivity contribution in [3.63, 3.8) is 0 Å². The van der Waals surface area contributed by atoms with Crippen molar-refractivity contribution in [3.8, 4) is 0 Å². The van der Waals surface area contributed by atoms with Crippen LogP contribution in [0.25, 0.3) is 0 Å². The maximum Gasteiger partial charge on any atom is 0.334 e. The zero-order valence-corrected chi connectivity index (χ0v) is 12.7. The molecule has 0 saturated heterocycles. The van der Waals surface area contributed by atoms with Crippen molar-refractivity contribution in [2.24, 2.45) is 0 Å². The smallest absolute Gasteiger partial charge is 0.334 e. The van der Waals surface area contributed by atoms with E-state index >= 15 is 0 Å². The summed E-state index contributed by atoms with van der Waals surface area (Å²) in [7, 11) is 0. The van der Waals surface area contributed by atoms with Crippen LogP contribution in [0.2, 0.25) is 0 Å². The van der Waals surface area contributed by atoms with E-state index in [1.165, 1.54) is 18.2 Å². The topological polar surface area (TPSA) is 170 Å². The van der Waals surface area contributed by atoms with E-state index in [1.807, 2.05) is 0 Å². The number of dihydropyridines is 1. The van der Waals surface area contributed by atoms with Gasteiger partial charge in [0.25, 0.3) is 5.69 Å². The van der Waals surface area contributed by atoms with Crippen LogP contribution in [0.1, 0.15) is 11.5 Å². The molecule has 0 amide bonds. The minimum absolute atomic E-state index is 0.0439. The Hall–Kier alpha value is -3.24. The normalized spacial score (nSPS) is 15.1. The zero-order valence-electron chi connectivity index (χ0n) is 12.7. The van der Waals surface area contributed by atoms with Crippen LogP contribution in [0.5, 0.6) is 0 Å². The molecule has 2 rings (SSSR count). The number of aliphatic carboxylic acids is 2. The summed E-state index contributed by atoms with van der Waals surface area (Å²) in [4.78, 5) is 33.6. The van der Waals surface area contributed by atoms with Gasteiger partial charge in [-0.1, -0.05) is 12.1 Å². The van der Waals surface area contributed by atoms with Crippen molar-refractivity contribution in [1.29, 1.82) is 0 Å². The first kappa shape index (κ1) is 18.1. The Morgan fingerprint density at radius 3 is 2.00 bits per heavy atom. The van der Waals surface area contributed by atoms with Gasteiger partial charge in [-0.3, -0.25) is 10.1 Å². The third kappa shape index (κ3) is 3.34. The number of carboxylic acids is 2. The minimum atomic E-state index is -1.50. The van der Waals surface area contributed by atoms with Crippen LogP contribution in [0, 0.1) is 10.1 Å². The Morgan fingerprint density at radius 1 is 1.08 bits per heavy atom. The van der Waals surface area contributed by atoms with Gasteiger partial charge in [-0.25, -0.2) is 9.59 Å². The SMILES string of the molecule is O=C(O)C1=C(CO)NC(CO)=C(C(=O)O)C1c1cccc([N+](=O)[O-])c1. The highest BCUT2D eigenvalue weighted by molar-refractivity contribution is 5.98. The van der Waals surface area contributed by atoms with Crippen molar-refractivity contribution >= 4 is 17.6 Å². The lowest BCUT2D eigenvalue weighted by Crippen LogP contribution is -2.35. The fraction of sp³-hybridized carbons (Fsp3) is 0.200. The molecule has 10 heteroatoms. The number of rotatable bonds is 6. The number of aliphatic hydroxyl groups excluding tert-OH is 2. The number of non-ortho nitro benzene ring substituents is 1. The second kappa shape index (κ2) is 7.11. The quantitative estimate of drug-likeness (QED) is 0.348. The molecule has 1 heterocycles. The number of carbonyl (C=O) groups is 2. The predicted octanol–water partition coefficient (Wildman–Crippen LogP) is -0.0564. The number of carboxylic acid groups (broad SMARTS) is 2. The predicted molar refractivity (Wildman–Crippen MR) is 82.5 cm³/mol. The van der Waals surface area contributed by atoms with Crippen LogP contribution in [0.4, 0.5) is 5.69 Å². The molecular weight excluding hydrogens is 336 g/mol. The van der Waals surface area contributed by atoms with Crippen molar-refractivity contribution in [1.82, 2.24) is 5.32 Å². The van der Waals surface area contributed by atoms with E-state index in [4.69, 9.17) is 0 Å². The van der Waals surface area contributed by atoms with Crippen LogP contribution in [-0.2, 0) is 9.59 Å². The standard InChI is InChI=1S/C15H14N2O8/c18-5-9-12(14(20)21)11(13(15(22)23)10(6-19)16-9)7-2-1-3-8(4-7)17(24)25/h1-4,11,16,18-19H,5-6H2,(H,20,21)(H,22,23). The van der Waals surface area contributed by atoms with Gasteiger partial charge in [0, 0.05) is 12.1 Å². The highest BCUT2D eigenvalue weighted by Gasteiger charge is 2.38. The number of nitrogens with zero attached hydrogens (tertiary/aromatic N) is 1. The molecule has 0 aliphatic carbocycles. The Balaban J connectivity index is 2.78. The van der Waals surface area contributed by atoms with Gasteiger partial charge in [0.05, 0.1) is 46.6 Å². The molecule has 5 N–H and O–H groups in total. The molecule has 0 bridgehead atoms. The molecule has 10 nitrogen and oxygen atoms in total. The molecule has 0 atom stereocenters. The molecule has 0 saturated carbocycles. The summed E-state index contributed by atoms with van der Waals surface area (Å²) in [5, 5.41) is 51.2. The van der Waals surface area contributed by atoms with Gasteiger partial charge in [-0.05, 0) is 5.56 Å². The summed E-state index contributed by atoms with van der Waals surface area (Å²) in [5.41, 5.74) is -1.62. The van der Waals surface area contributed by atoms with Crippen LogP contribution >= 0.6 is 0 Å². The Bertz CT molecular complexity index is 774. The van der Waals surface area contributed by atoms with Gasteiger partial charge in [0.2, 0.25) is 0 Å².